The van der Waals surface area contributed by atoms with Gasteiger partial charge in [-0.15, -0.1) is 0 Å². The Kier molecular flexibility index (Phi) is 4.58. The van der Waals surface area contributed by atoms with Crippen molar-refractivity contribution in [1.82, 2.24) is 20.2 Å². The van der Waals surface area contributed by atoms with Crippen molar-refractivity contribution in [3.63, 3.8) is 0 Å². The quantitative estimate of drug-likeness (QED) is 0.596. The number of H-pyrrole nitrogens is 1. The van der Waals surface area contributed by atoms with Crippen molar-refractivity contribution in [2.24, 2.45) is 0 Å². The van der Waals surface area contributed by atoms with Gasteiger partial charge in [0, 0.05) is 42.4 Å². The minimum atomic E-state index is -0.622. The second-order valence-electron chi connectivity index (χ2n) is 7.02. The predicted octanol–water partition coefficient (Wildman–Crippen LogP) is 3.88. The molecule has 1 aliphatic carbocycles. The normalized spacial score (nSPS) is 14.7. The molecule has 4 rings (SSSR count). The van der Waals surface area contributed by atoms with E-state index in [1.165, 1.54) is 25.0 Å². The number of nitrogens with one attached hydrogen (secondary N) is 2. The number of benzene rings is 1. The van der Waals surface area contributed by atoms with Gasteiger partial charge in [0.1, 0.15) is 23.3 Å². The lowest BCUT2D eigenvalue weighted by Crippen LogP contribution is -2.16. The van der Waals surface area contributed by atoms with E-state index in [0.717, 1.165) is 17.6 Å². The van der Waals surface area contributed by atoms with Gasteiger partial charge in [-0.3, -0.25) is 5.10 Å². The third kappa shape index (κ3) is 3.73. The van der Waals surface area contributed by atoms with Crippen LogP contribution in [0.4, 0.5) is 32.2 Å². The number of nitrogens with two attached hydrogens (primary N) is 1. The smallest absolute Gasteiger partial charge is 0.223 e. The van der Waals surface area contributed by atoms with Crippen molar-refractivity contribution in [2.75, 3.05) is 23.0 Å². The molecule has 9 heteroatoms. The van der Waals surface area contributed by atoms with E-state index in [-0.39, 0.29) is 5.95 Å². The number of nitrogens with zero attached hydrogens (tertiary/aromatic N) is 4. The molecule has 0 saturated heterocycles. The van der Waals surface area contributed by atoms with Crippen LogP contribution in [0.25, 0.3) is 0 Å². The van der Waals surface area contributed by atoms with E-state index in [2.05, 4.69) is 25.5 Å². The molecule has 0 bridgehead atoms. The zero-order chi connectivity index (χ0) is 19.8. The molecule has 1 fully saturated rings. The SMILES string of the molecule is CC(Nc1cc(N(C)c2cc(C3CC3)[nH]n2)nc(N)n1)c1ccc(F)cc1F. The monoisotopic (exact) mass is 385 g/mol. The Morgan fingerprint density at radius 3 is 2.68 bits per heavy atom. The van der Waals surface area contributed by atoms with E-state index in [0.29, 0.717) is 23.1 Å². The topological polar surface area (TPSA) is 95.8 Å². The molecule has 0 spiro atoms. The standard InChI is InChI=1S/C19H21F2N7/c1-10(13-6-5-12(20)7-14(13)21)23-16-9-17(25-19(22)24-16)28(2)18-8-15(26-27-18)11-3-4-11/h5-11H,3-4H2,1-2H3,(H,26,27)(H3,22,23,24,25). The van der Waals surface area contributed by atoms with Gasteiger partial charge in [-0.1, -0.05) is 6.07 Å². The first-order valence-corrected chi connectivity index (χ1v) is 9.06. The van der Waals surface area contributed by atoms with Crippen molar-refractivity contribution < 1.29 is 8.78 Å². The van der Waals surface area contributed by atoms with E-state index < -0.39 is 17.7 Å². The first-order chi connectivity index (χ1) is 13.4. The predicted molar refractivity (Wildman–Crippen MR) is 103 cm³/mol. The zero-order valence-corrected chi connectivity index (χ0v) is 15.6. The Balaban J connectivity index is 1.55. The first kappa shape index (κ1) is 18.1. The van der Waals surface area contributed by atoms with Gasteiger partial charge < -0.3 is 16.0 Å². The summed E-state index contributed by atoms with van der Waals surface area (Å²) in [7, 11) is 1.83. The van der Waals surface area contributed by atoms with Gasteiger partial charge in [-0.05, 0) is 25.8 Å². The van der Waals surface area contributed by atoms with Crippen LogP contribution < -0.4 is 16.0 Å². The second-order valence-corrected chi connectivity index (χ2v) is 7.02. The van der Waals surface area contributed by atoms with E-state index in [1.807, 2.05) is 13.1 Å². The van der Waals surface area contributed by atoms with E-state index in [9.17, 15) is 8.78 Å². The molecule has 0 amide bonds. The number of hydrogen-bond donors (Lipinski definition) is 3. The molecule has 4 N–H and O–H groups in total. The summed E-state index contributed by atoms with van der Waals surface area (Å²) in [6, 6.07) is 6.75. The molecule has 0 aliphatic heterocycles. The van der Waals surface area contributed by atoms with Crippen molar-refractivity contribution in [3.8, 4) is 0 Å². The summed E-state index contributed by atoms with van der Waals surface area (Å²) in [6.45, 7) is 1.76. The van der Waals surface area contributed by atoms with Crippen molar-refractivity contribution in [3.05, 3.63) is 53.2 Å². The molecule has 2 aromatic heterocycles. The molecule has 1 aliphatic rings. The average molecular weight is 385 g/mol. The van der Waals surface area contributed by atoms with Gasteiger partial charge in [0.25, 0.3) is 0 Å². The molecule has 2 heterocycles. The van der Waals surface area contributed by atoms with Crippen LogP contribution in [0.2, 0.25) is 0 Å². The summed E-state index contributed by atoms with van der Waals surface area (Å²) in [6.07, 6.45) is 2.36. The molecule has 28 heavy (non-hydrogen) atoms. The molecule has 1 unspecified atom stereocenters. The number of hydrogen-bond acceptors (Lipinski definition) is 6. The Hall–Kier alpha value is -3.23. The Morgan fingerprint density at radius 2 is 1.96 bits per heavy atom. The van der Waals surface area contributed by atoms with Gasteiger partial charge in [-0.25, -0.2) is 8.78 Å². The second kappa shape index (κ2) is 7.06. The first-order valence-electron chi connectivity index (χ1n) is 9.06. The Morgan fingerprint density at radius 1 is 1.18 bits per heavy atom. The van der Waals surface area contributed by atoms with Gasteiger partial charge in [0.2, 0.25) is 5.95 Å². The number of aromatic amines is 1. The highest BCUT2D eigenvalue weighted by Gasteiger charge is 2.26. The van der Waals surface area contributed by atoms with Gasteiger partial charge in [-0.2, -0.15) is 15.1 Å². The third-order valence-corrected chi connectivity index (χ3v) is 4.81. The summed E-state index contributed by atoms with van der Waals surface area (Å²) in [5.74, 6) is 1.12. The number of rotatable bonds is 6. The fraction of sp³-hybridized carbons (Fsp3) is 0.316. The van der Waals surface area contributed by atoms with E-state index >= 15 is 0 Å². The Labute approximate surface area is 161 Å². The molecule has 7 nitrogen and oxygen atoms in total. The molecule has 0 radical (unpaired) electrons. The molecule has 1 saturated carbocycles. The molecular weight excluding hydrogens is 364 g/mol. The fourth-order valence-electron chi connectivity index (χ4n) is 3.07. The highest BCUT2D eigenvalue weighted by molar-refractivity contribution is 5.61. The Bertz CT molecular complexity index is 1000. The maximum Gasteiger partial charge on any atom is 0.223 e. The summed E-state index contributed by atoms with van der Waals surface area (Å²) in [4.78, 5) is 10.2. The van der Waals surface area contributed by atoms with Crippen molar-refractivity contribution in [2.45, 2.75) is 31.7 Å². The lowest BCUT2D eigenvalue weighted by molar-refractivity contribution is 0.566. The molecule has 3 aromatic rings. The number of anilines is 4. The minimum absolute atomic E-state index is 0.0802. The highest BCUT2D eigenvalue weighted by Crippen LogP contribution is 2.40. The lowest BCUT2D eigenvalue weighted by atomic mass is 10.1. The van der Waals surface area contributed by atoms with Crippen LogP contribution in [0.5, 0.6) is 0 Å². The fourth-order valence-corrected chi connectivity index (χ4v) is 3.07. The number of halogens is 2. The van der Waals surface area contributed by atoms with Crippen LogP contribution >= 0.6 is 0 Å². The summed E-state index contributed by atoms with van der Waals surface area (Å²) < 4.78 is 27.2. The zero-order valence-electron chi connectivity index (χ0n) is 15.6. The number of aromatic nitrogens is 4. The highest BCUT2D eigenvalue weighted by atomic mass is 19.1. The summed E-state index contributed by atoms with van der Waals surface area (Å²) >= 11 is 0. The van der Waals surface area contributed by atoms with Crippen LogP contribution in [-0.4, -0.2) is 27.2 Å². The molecular formula is C19H21F2N7. The van der Waals surface area contributed by atoms with Crippen LogP contribution in [0, 0.1) is 11.6 Å². The number of nitrogen functional groups attached to an aromatic ring is 1. The maximum atomic E-state index is 14.0. The van der Waals surface area contributed by atoms with Gasteiger partial charge in [0.05, 0.1) is 6.04 Å². The summed E-state index contributed by atoms with van der Waals surface area (Å²) in [5, 5.41) is 10.5. The van der Waals surface area contributed by atoms with Crippen molar-refractivity contribution in [1.29, 1.82) is 0 Å². The third-order valence-electron chi connectivity index (χ3n) is 4.81. The van der Waals surface area contributed by atoms with Crippen LogP contribution in [0.15, 0.2) is 30.3 Å². The molecule has 1 aromatic carbocycles. The van der Waals surface area contributed by atoms with E-state index in [1.54, 1.807) is 17.9 Å². The van der Waals surface area contributed by atoms with E-state index in [4.69, 9.17) is 5.73 Å². The van der Waals surface area contributed by atoms with Gasteiger partial charge in [0.15, 0.2) is 5.82 Å². The van der Waals surface area contributed by atoms with Crippen LogP contribution in [0.1, 0.15) is 43.0 Å². The maximum absolute atomic E-state index is 14.0. The molecule has 146 valence electrons. The van der Waals surface area contributed by atoms with Crippen LogP contribution in [-0.2, 0) is 0 Å². The summed E-state index contributed by atoms with van der Waals surface area (Å²) in [5.41, 5.74) is 7.30. The van der Waals surface area contributed by atoms with Crippen molar-refractivity contribution >= 4 is 23.4 Å². The largest absolute Gasteiger partial charge is 0.368 e. The van der Waals surface area contributed by atoms with Crippen LogP contribution in [0.3, 0.4) is 0 Å². The average Bonchev–Trinajstić information content (AvgIpc) is 3.37. The lowest BCUT2D eigenvalue weighted by Gasteiger charge is -2.19. The molecule has 1 atom stereocenters. The van der Waals surface area contributed by atoms with Gasteiger partial charge >= 0.3 is 0 Å². The minimum Gasteiger partial charge on any atom is -0.368 e.